The van der Waals surface area contributed by atoms with Crippen LogP contribution in [0.25, 0.3) is 88.3 Å². The van der Waals surface area contributed by atoms with Gasteiger partial charge in [0.05, 0.1) is 27.8 Å². The number of para-hydroxylation sites is 3. The van der Waals surface area contributed by atoms with Crippen LogP contribution < -0.4 is 5.73 Å². The number of hydrogen-bond donors (Lipinski definition) is 1. The molecule has 3 heterocycles. The standard InChI is InChI=1S/C44H30N4/c1-2-11-35-43(45)34-17-10-12-29-26-41(46-44(35)42(29)34)48-38-19-9-6-15-31(38)33-22-20-28(25-40(33)48)27-21-23-39-36(24-27)32-16-7-8-18-37(32)47(39)30-13-4-3-5-14-30/h2-26H,45H2,1H3/b11-2-. The fourth-order valence-electron chi connectivity index (χ4n) is 7.84. The second-order valence-corrected chi connectivity index (χ2v) is 12.6. The molecule has 1 aliphatic rings. The van der Waals surface area contributed by atoms with Crippen LogP contribution in [0.2, 0.25) is 0 Å². The summed E-state index contributed by atoms with van der Waals surface area (Å²) in [4.78, 5) is 5.34. The Morgan fingerprint density at radius 1 is 0.562 bits per heavy atom. The Kier molecular flexibility index (Phi) is 5.61. The van der Waals surface area contributed by atoms with Gasteiger partial charge >= 0.3 is 0 Å². The summed E-state index contributed by atoms with van der Waals surface area (Å²) in [6, 6.07) is 50.2. The molecule has 2 N–H and O–H groups in total. The first-order valence-corrected chi connectivity index (χ1v) is 16.4. The second-order valence-electron chi connectivity index (χ2n) is 12.6. The molecular weight excluding hydrogens is 585 g/mol. The summed E-state index contributed by atoms with van der Waals surface area (Å²) >= 11 is 0. The van der Waals surface area contributed by atoms with E-state index in [1.807, 2.05) is 13.0 Å². The van der Waals surface area contributed by atoms with E-state index in [0.29, 0.717) is 0 Å². The molecule has 6 aromatic carbocycles. The molecule has 0 radical (unpaired) electrons. The van der Waals surface area contributed by atoms with Gasteiger partial charge in [-0.15, -0.1) is 0 Å². The molecule has 48 heavy (non-hydrogen) atoms. The fraction of sp³-hybridized carbons (Fsp3) is 0.0227. The molecule has 226 valence electrons. The average Bonchev–Trinajstić information content (AvgIpc) is 3.74. The van der Waals surface area contributed by atoms with Gasteiger partial charge in [-0.05, 0) is 72.0 Å². The van der Waals surface area contributed by atoms with Crippen molar-refractivity contribution in [1.29, 1.82) is 0 Å². The highest BCUT2D eigenvalue weighted by atomic mass is 15.1. The zero-order chi connectivity index (χ0) is 31.9. The molecule has 1 aliphatic carbocycles. The summed E-state index contributed by atoms with van der Waals surface area (Å²) in [5.41, 5.74) is 18.6. The predicted octanol–water partition coefficient (Wildman–Crippen LogP) is 10.8. The number of rotatable bonds is 4. The van der Waals surface area contributed by atoms with E-state index in [0.717, 1.165) is 61.4 Å². The predicted molar refractivity (Wildman–Crippen MR) is 202 cm³/mol. The Bertz CT molecular complexity index is 2850. The maximum atomic E-state index is 6.69. The minimum Gasteiger partial charge on any atom is -0.398 e. The van der Waals surface area contributed by atoms with E-state index in [1.54, 1.807) is 0 Å². The first kappa shape index (κ1) is 26.8. The van der Waals surface area contributed by atoms with Crippen molar-refractivity contribution in [2.24, 2.45) is 5.73 Å². The Balaban J connectivity index is 1.21. The quantitative estimate of drug-likeness (QED) is 0.214. The van der Waals surface area contributed by atoms with E-state index in [1.165, 1.54) is 38.1 Å². The number of pyridine rings is 1. The third-order valence-electron chi connectivity index (χ3n) is 9.94. The van der Waals surface area contributed by atoms with Crippen molar-refractivity contribution in [3.05, 3.63) is 163 Å². The molecule has 0 spiro atoms. The van der Waals surface area contributed by atoms with Gasteiger partial charge < -0.3 is 10.3 Å². The average molecular weight is 615 g/mol. The molecule has 0 bridgehead atoms. The van der Waals surface area contributed by atoms with Gasteiger partial charge in [-0.25, -0.2) is 4.98 Å². The summed E-state index contributed by atoms with van der Waals surface area (Å²) in [6.07, 6.45) is 4.12. The lowest BCUT2D eigenvalue weighted by Crippen LogP contribution is -2.00. The number of allylic oxidation sites excluding steroid dienone is 3. The molecule has 0 unspecified atom stereocenters. The van der Waals surface area contributed by atoms with Crippen LogP contribution in [0.1, 0.15) is 18.2 Å². The number of nitrogens with zero attached hydrogens (tertiary/aromatic N) is 3. The van der Waals surface area contributed by atoms with Gasteiger partial charge in [0.15, 0.2) is 0 Å². The minimum atomic E-state index is 0.784. The summed E-state index contributed by atoms with van der Waals surface area (Å²) in [5, 5.41) is 7.15. The molecule has 9 aromatic rings. The topological polar surface area (TPSA) is 48.8 Å². The SMILES string of the molecule is C/C=C\C1=C(N)c2cccc3cc(-n4c5ccccc5c5ccc(-c6ccc7c(c6)c6ccccc6n7-c6ccccc6)cc54)nc1c23. The van der Waals surface area contributed by atoms with Crippen LogP contribution in [0.3, 0.4) is 0 Å². The maximum Gasteiger partial charge on any atom is 0.138 e. The van der Waals surface area contributed by atoms with Crippen LogP contribution in [0.4, 0.5) is 0 Å². The Morgan fingerprint density at radius 3 is 2.04 bits per heavy atom. The van der Waals surface area contributed by atoms with Crippen LogP contribution in [0, 0.1) is 0 Å². The van der Waals surface area contributed by atoms with Crippen molar-refractivity contribution >= 4 is 65.7 Å². The van der Waals surface area contributed by atoms with Crippen molar-refractivity contribution in [3.63, 3.8) is 0 Å². The van der Waals surface area contributed by atoms with Gasteiger partial charge in [-0.1, -0.05) is 103 Å². The molecule has 0 saturated heterocycles. The van der Waals surface area contributed by atoms with Gasteiger partial charge in [0, 0.05) is 49.5 Å². The summed E-state index contributed by atoms with van der Waals surface area (Å²) < 4.78 is 4.68. The van der Waals surface area contributed by atoms with Crippen molar-refractivity contribution in [2.75, 3.05) is 0 Å². The highest BCUT2D eigenvalue weighted by Gasteiger charge is 2.24. The molecule has 3 aromatic heterocycles. The molecule has 4 nitrogen and oxygen atoms in total. The largest absolute Gasteiger partial charge is 0.398 e. The second kappa shape index (κ2) is 10.1. The van der Waals surface area contributed by atoms with E-state index in [2.05, 4.69) is 155 Å². The molecule has 4 heteroatoms. The lowest BCUT2D eigenvalue weighted by molar-refractivity contribution is 1.08. The number of aromatic nitrogens is 3. The highest BCUT2D eigenvalue weighted by Crippen LogP contribution is 2.42. The van der Waals surface area contributed by atoms with Gasteiger partial charge in [0.25, 0.3) is 0 Å². The number of nitrogens with two attached hydrogens (primary N) is 1. The number of benzene rings is 6. The smallest absolute Gasteiger partial charge is 0.138 e. The summed E-state index contributed by atoms with van der Waals surface area (Å²) in [6.45, 7) is 2.02. The molecule has 0 aliphatic heterocycles. The Labute approximate surface area is 277 Å². The van der Waals surface area contributed by atoms with Crippen molar-refractivity contribution in [3.8, 4) is 22.6 Å². The van der Waals surface area contributed by atoms with Gasteiger partial charge in [0.2, 0.25) is 0 Å². The summed E-state index contributed by atoms with van der Waals surface area (Å²) in [7, 11) is 0. The van der Waals surface area contributed by atoms with Gasteiger partial charge in [-0.3, -0.25) is 4.57 Å². The van der Waals surface area contributed by atoms with E-state index in [9.17, 15) is 0 Å². The van der Waals surface area contributed by atoms with Crippen LogP contribution in [0.5, 0.6) is 0 Å². The zero-order valence-corrected chi connectivity index (χ0v) is 26.4. The third kappa shape index (κ3) is 3.68. The molecule has 0 amide bonds. The minimum absolute atomic E-state index is 0.784. The van der Waals surface area contributed by atoms with Crippen LogP contribution in [-0.2, 0) is 0 Å². The van der Waals surface area contributed by atoms with Crippen LogP contribution in [0.15, 0.2) is 152 Å². The fourth-order valence-corrected chi connectivity index (χ4v) is 7.84. The number of fused-ring (bicyclic) bond motifs is 6. The van der Waals surface area contributed by atoms with Crippen molar-refractivity contribution < 1.29 is 0 Å². The highest BCUT2D eigenvalue weighted by molar-refractivity contribution is 6.16. The Hall–Kier alpha value is -6.39. The van der Waals surface area contributed by atoms with Gasteiger partial charge in [0.1, 0.15) is 5.82 Å². The van der Waals surface area contributed by atoms with Crippen LogP contribution in [-0.4, -0.2) is 14.1 Å². The third-order valence-corrected chi connectivity index (χ3v) is 9.94. The normalized spacial score (nSPS) is 13.0. The first-order chi connectivity index (χ1) is 23.7. The molecular formula is C44H30N4. The van der Waals surface area contributed by atoms with E-state index >= 15 is 0 Å². The van der Waals surface area contributed by atoms with Crippen LogP contribution >= 0.6 is 0 Å². The summed E-state index contributed by atoms with van der Waals surface area (Å²) in [5.74, 6) is 0.885. The molecule has 0 fully saturated rings. The van der Waals surface area contributed by atoms with E-state index in [-0.39, 0.29) is 0 Å². The lowest BCUT2D eigenvalue weighted by Gasteiger charge is -2.12. The van der Waals surface area contributed by atoms with E-state index < -0.39 is 0 Å². The lowest BCUT2D eigenvalue weighted by atomic mass is 10.0. The van der Waals surface area contributed by atoms with Crippen molar-refractivity contribution in [1.82, 2.24) is 14.1 Å². The zero-order valence-electron chi connectivity index (χ0n) is 26.4. The Morgan fingerprint density at radius 2 is 1.23 bits per heavy atom. The molecule has 0 saturated carbocycles. The molecule has 10 rings (SSSR count). The number of hydrogen-bond acceptors (Lipinski definition) is 2. The first-order valence-electron chi connectivity index (χ1n) is 16.4. The monoisotopic (exact) mass is 614 g/mol. The maximum absolute atomic E-state index is 6.69. The molecule has 0 atom stereocenters. The van der Waals surface area contributed by atoms with E-state index in [4.69, 9.17) is 10.7 Å². The van der Waals surface area contributed by atoms with Gasteiger partial charge in [-0.2, -0.15) is 0 Å². The van der Waals surface area contributed by atoms with Crippen molar-refractivity contribution in [2.45, 2.75) is 6.92 Å².